The molecule has 0 bridgehead atoms. The standard InChI is InChI=1S/C14H20ClN3O2/c1-9(2)7-17-13(19)8-18(3)14(20)11-6-10(15)4-5-12(11)16/h4-6,9H,7-8,16H2,1-3H3,(H,17,19). The molecular formula is C14H20ClN3O2. The summed E-state index contributed by atoms with van der Waals surface area (Å²) in [6.45, 7) is 4.57. The molecule has 0 aliphatic rings. The topological polar surface area (TPSA) is 75.4 Å². The molecule has 1 rings (SSSR count). The number of likely N-dealkylation sites (N-methyl/N-ethyl adjacent to an activating group) is 1. The van der Waals surface area contributed by atoms with E-state index in [9.17, 15) is 9.59 Å². The highest BCUT2D eigenvalue weighted by Gasteiger charge is 2.17. The molecule has 0 fully saturated rings. The fraction of sp³-hybridized carbons (Fsp3) is 0.429. The number of amides is 2. The van der Waals surface area contributed by atoms with E-state index in [4.69, 9.17) is 17.3 Å². The second kappa shape index (κ2) is 7.14. The van der Waals surface area contributed by atoms with Crippen LogP contribution in [-0.2, 0) is 4.79 Å². The lowest BCUT2D eigenvalue weighted by atomic mass is 10.1. The summed E-state index contributed by atoms with van der Waals surface area (Å²) < 4.78 is 0. The van der Waals surface area contributed by atoms with Gasteiger partial charge in [-0.25, -0.2) is 0 Å². The van der Waals surface area contributed by atoms with E-state index < -0.39 is 0 Å². The van der Waals surface area contributed by atoms with E-state index in [-0.39, 0.29) is 18.4 Å². The SMILES string of the molecule is CC(C)CNC(=O)CN(C)C(=O)c1cc(Cl)ccc1N. The fourth-order valence-electron chi connectivity index (χ4n) is 1.58. The molecule has 5 nitrogen and oxygen atoms in total. The van der Waals surface area contributed by atoms with Gasteiger partial charge in [-0.15, -0.1) is 0 Å². The van der Waals surface area contributed by atoms with Gasteiger partial charge in [0.15, 0.2) is 0 Å². The van der Waals surface area contributed by atoms with Gasteiger partial charge < -0.3 is 16.0 Å². The third-order valence-electron chi connectivity index (χ3n) is 2.68. The molecule has 0 unspecified atom stereocenters. The van der Waals surface area contributed by atoms with Crippen molar-refractivity contribution in [2.24, 2.45) is 5.92 Å². The van der Waals surface area contributed by atoms with Gasteiger partial charge in [0.05, 0.1) is 12.1 Å². The van der Waals surface area contributed by atoms with E-state index in [1.807, 2.05) is 13.8 Å². The van der Waals surface area contributed by atoms with Crippen molar-refractivity contribution in [3.63, 3.8) is 0 Å². The summed E-state index contributed by atoms with van der Waals surface area (Å²) in [6.07, 6.45) is 0. The number of hydrogen-bond acceptors (Lipinski definition) is 3. The molecule has 3 N–H and O–H groups in total. The molecule has 110 valence electrons. The van der Waals surface area contributed by atoms with Gasteiger partial charge in [0.1, 0.15) is 0 Å². The second-order valence-electron chi connectivity index (χ2n) is 5.09. The minimum Gasteiger partial charge on any atom is -0.398 e. The summed E-state index contributed by atoms with van der Waals surface area (Å²) in [5.41, 5.74) is 6.39. The molecule has 0 aliphatic carbocycles. The zero-order valence-electron chi connectivity index (χ0n) is 11.9. The van der Waals surface area contributed by atoms with E-state index in [1.165, 1.54) is 11.0 Å². The summed E-state index contributed by atoms with van der Waals surface area (Å²) in [4.78, 5) is 25.2. The van der Waals surface area contributed by atoms with Gasteiger partial charge in [-0.1, -0.05) is 25.4 Å². The number of carbonyl (C=O) groups excluding carboxylic acids is 2. The van der Waals surface area contributed by atoms with Crippen LogP contribution in [0.3, 0.4) is 0 Å². The Morgan fingerprint density at radius 1 is 1.40 bits per heavy atom. The first-order chi connectivity index (χ1) is 9.31. The molecular weight excluding hydrogens is 278 g/mol. The largest absolute Gasteiger partial charge is 0.398 e. The van der Waals surface area contributed by atoms with Gasteiger partial charge >= 0.3 is 0 Å². The van der Waals surface area contributed by atoms with E-state index in [0.29, 0.717) is 28.7 Å². The average Bonchev–Trinajstić information content (AvgIpc) is 2.38. The number of nitrogens with zero attached hydrogens (tertiary/aromatic N) is 1. The molecule has 0 heterocycles. The van der Waals surface area contributed by atoms with Crippen LogP contribution in [0.2, 0.25) is 5.02 Å². The van der Waals surface area contributed by atoms with Crippen molar-refractivity contribution in [3.05, 3.63) is 28.8 Å². The maximum Gasteiger partial charge on any atom is 0.256 e. The maximum absolute atomic E-state index is 12.2. The summed E-state index contributed by atoms with van der Waals surface area (Å²) in [5, 5.41) is 3.19. The fourth-order valence-corrected chi connectivity index (χ4v) is 1.75. The highest BCUT2D eigenvalue weighted by molar-refractivity contribution is 6.31. The number of halogens is 1. The van der Waals surface area contributed by atoms with Crippen LogP contribution in [-0.4, -0.2) is 36.9 Å². The molecule has 20 heavy (non-hydrogen) atoms. The van der Waals surface area contributed by atoms with Crippen LogP contribution < -0.4 is 11.1 Å². The Morgan fingerprint density at radius 3 is 2.65 bits per heavy atom. The minimum atomic E-state index is -0.329. The highest BCUT2D eigenvalue weighted by Crippen LogP contribution is 2.19. The van der Waals surface area contributed by atoms with Crippen LogP contribution in [0.25, 0.3) is 0 Å². The van der Waals surface area contributed by atoms with Crippen molar-refractivity contribution in [2.75, 3.05) is 25.9 Å². The molecule has 0 radical (unpaired) electrons. The van der Waals surface area contributed by atoms with Crippen LogP contribution in [0.4, 0.5) is 5.69 Å². The summed E-state index contributed by atoms with van der Waals surface area (Å²) in [5.74, 6) is -0.164. The van der Waals surface area contributed by atoms with Crippen molar-refractivity contribution in [1.29, 1.82) is 0 Å². The Balaban J connectivity index is 2.67. The lowest BCUT2D eigenvalue weighted by Gasteiger charge is -2.18. The van der Waals surface area contributed by atoms with Crippen LogP contribution in [0.5, 0.6) is 0 Å². The van der Waals surface area contributed by atoms with Gasteiger partial charge in [-0.05, 0) is 24.1 Å². The Hall–Kier alpha value is -1.75. The monoisotopic (exact) mass is 297 g/mol. The van der Waals surface area contributed by atoms with Crippen molar-refractivity contribution in [3.8, 4) is 0 Å². The number of rotatable bonds is 5. The Morgan fingerprint density at radius 2 is 2.05 bits per heavy atom. The quantitative estimate of drug-likeness (QED) is 0.813. The van der Waals surface area contributed by atoms with Gasteiger partial charge in [0.25, 0.3) is 5.91 Å². The highest BCUT2D eigenvalue weighted by atomic mass is 35.5. The molecule has 1 aromatic rings. The minimum absolute atomic E-state index is 0.0164. The average molecular weight is 298 g/mol. The molecule has 0 spiro atoms. The summed E-state index contributed by atoms with van der Waals surface area (Å²) in [6, 6.07) is 4.69. The number of anilines is 1. The Bertz CT molecular complexity index is 503. The second-order valence-corrected chi connectivity index (χ2v) is 5.53. The number of hydrogen-bond donors (Lipinski definition) is 2. The zero-order valence-corrected chi connectivity index (χ0v) is 12.7. The van der Waals surface area contributed by atoms with Gasteiger partial charge in [-0.2, -0.15) is 0 Å². The molecule has 0 aromatic heterocycles. The van der Waals surface area contributed by atoms with Gasteiger partial charge in [0, 0.05) is 24.3 Å². The molecule has 0 aliphatic heterocycles. The number of nitrogen functional groups attached to an aromatic ring is 1. The first kappa shape index (κ1) is 16.3. The lowest BCUT2D eigenvalue weighted by molar-refractivity contribution is -0.121. The van der Waals surface area contributed by atoms with Crippen molar-refractivity contribution in [1.82, 2.24) is 10.2 Å². The zero-order chi connectivity index (χ0) is 15.3. The van der Waals surface area contributed by atoms with Gasteiger partial charge in [-0.3, -0.25) is 9.59 Å². The van der Waals surface area contributed by atoms with E-state index in [1.54, 1.807) is 19.2 Å². The predicted octanol–water partition coefficient (Wildman–Crippen LogP) is 1.77. The molecule has 0 saturated heterocycles. The van der Waals surface area contributed by atoms with Crippen LogP contribution in [0.1, 0.15) is 24.2 Å². The van der Waals surface area contributed by atoms with Gasteiger partial charge in [0.2, 0.25) is 5.91 Å². The Kier molecular flexibility index (Phi) is 5.82. The number of nitrogens with two attached hydrogens (primary N) is 1. The van der Waals surface area contributed by atoms with Crippen LogP contribution in [0, 0.1) is 5.92 Å². The first-order valence-corrected chi connectivity index (χ1v) is 6.76. The van der Waals surface area contributed by atoms with Crippen molar-refractivity contribution >= 4 is 29.1 Å². The van der Waals surface area contributed by atoms with E-state index in [2.05, 4.69) is 5.32 Å². The van der Waals surface area contributed by atoms with E-state index in [0.717, 1.165) is 0 Å². The third-order valence-corrected chi connectivity index (χ3v) is 2.92. The first-order valence-electron chi connectivity index (χ1n) is 6.38. The Labute approximate surface area is 124 Å². The van der Waals surface area contributed by atoms with Crippen molar-refractivity contribution in [2.45, 2.75) is 13.8 Å². The van der Waals surface area contributed by atoms with Crippen LogP contribution in [0.15, 0.2) is 18.2 Å². The summed E-state index contributed by atoms with van der Waals surface area (Å²) >= 11 is 5.85. The number of nitrogens with one attached hydrogen (secondary N) is 1. The summed E-state index contributed by atoms with van der Waals surface area (Å²) in [7, 11) is 1.55. The molecule has 6 heteroatoms. The molecule has 0 saturated carbocycles. The number of carbonyl (C=O) groups is 2. The lowest BCUT2D eigenvalue weighted by Crippen LogP contribution is -2.39. The molecule has 1 aromatic carbocycles. The smallest absolute Gasteiger partial charge is 0.256 e. The number of benzene rings is 1. The molecule has 2 amide bonds. The molecule has 0 atom stereocenters. The van der Waals surface area contributed by atoms with Crippen LogP contribution >= 0.6 is 11.6 Å². The normalized spacial score (nSPS) is 10.4. The third kappa shape index (κ3) is 4.74. The van der Waals surface area contributed by atoms with Crippen molar-refractivity contribution < 1.29 is 9.59 Å². The predicted molar refractivity (Wildman–Crippen MR) is 80.7 cm³/mol. The van der Waals surface area contributed by atoms with E-state index >= 15 is 0 Å². The maximum atomic E-state index is 12.2.